The van der Waals surface area contributed by atoms with Gasteiger partial charge in [-0.05, 0) is 36.1 Å². The normalized spacial score (nSPS) is 18.7. The van der Waals surface area contributed by atoms with Crippen LogP contribution in [0.25, 0.3) is 0 Å². The summed E-state index contributed by atoms with van der Waals surface area (Å²) in [5.41, 5.74) is 1.88. The zero-order chi connectivity index (χ0) is 13.1. The Balaban J connectivity index is 2.16. The number of aliphatic carboxylic acids is 1. The van der Waals surface area contributed by atoms with Crippen LogP contribution in [0, 0.1) is 5.92 Å². The molecule has 1 atom stereocenters. The van der Waals surface area contributed by atoms with Gasteiger partial charge in [0.05, 0.1) is 0 Å². The van der Waals surface area contributed by atoms with Gasteiger partial charge in [0.25, 0.3) is 0 Å². The van der Waals surface area contributed by atoms with Crippen molar-refractivity contribution in [1.29, 1.82) is 0 Å². The number of hydrogen-bond donors (Lipinski definition) is 3. The third kappa shape index (κ3) is 2.80. The zero-order valence-electron chi connectivity index (χ0n) is 9.85. The number of carbonyl (C=O) groups excluding carboxylic acids is 1. The number of benzene rings is 1. The highest BCUT2D eigenvalue weighted by molar-refractivity contribution is 5.80. The molecule has 0 radical (unpaired) electrons. The van der Waals surface area contributed by atoms with Crippen LogP contribution in [-0.2, 0) is 22.6 Å². The highest BCUT2D eigenvalue weighted by Gasteiger charge is 2.24. The number of nitrogens with one attached hydrogen (secondary N) is 1. The van der Waals surface area contributed by atoms with Gasteiger partial charge in [0, 0.05) is 18.9 Å². The average Bonchev–Trinajstić information content (AvgIpc) is 2.47. The van der Waals surface area contributed by atoms with Crippen LogP contribution in [0.15, 0.2) is 18.2 Å². The molecule has 0 saturated heterocycles. The predicted molar refractivity (Wildman–Crippen MR) is 64.0 cm³/mol. The lowest BCUT2D eigenvalue weighted by molar-refractivity contribution is -0.137. The first-order chi connectivity index (χ1) is 8.56. The molecule has 1 heterocycles. The second-order valence-corrected chi connectivity index (χ2v) is 4.50. The number of aromatic hydroxyl groups is 1. The molecular weight excluding hydrogens is 234 g/mol. The number of carboxylic acids is 1. The molecule has 0 saturated carbocycles. The lowest BCUT2D eigenvalue weighted by Gasteiger charge is -2.11. The van der Waals surface area contributed by atoms with Crippen LogP contribution < -0.4 is 5.32 Å². The van der Waals surface area contributed by atoms with Gasteiger partial charge in [0.15, 0.2) is 0 Å². The number of phenolic OH excluding ortho intramolecular Hbond substituents is 1. The fourth-order valence-electron chi connectivity index (χ4n) is 2.19. The average molecular weight is 249 g/mol. The van der Waals surface area contributed by atoms with Crippen molar-refractivity contribution in [2.24, 2.45) is 5.92 Å². The SMILES string of the molecule is O=C(O)CC[C@H]1Cc2ccc(O)cc2CNC1=O. The van der Waals surface area contributed by atoms with Gasteiger partial charge in [0.2, 0.25) is 5.91 Å². The number of hydrogen-bond acceptors (Lipinski definition) is 3. The smallest absolute Gasteiger partial charge is 0.303 e. The lowest BCUT2D eigenvalue weighted by Crippen LogP contribution is -2.29. The van der Waals surface area contributed by atoms with Gasteiger partial charge in [0.1, 0.15) is 5.75 Å². The molecule has 1 aromatic rings. The molecule has 96 valence electrons. The van der Waals surface area contributed by atoms with Crippen LogP contribution in [-0.4, -0.2) is 22.1 Å². The second-order valence-electron chi connectivity index (χ2n) is 4.50. The number of amides is 1. The van der Waals surface area contributed by atoms with Crippen LogP contribution in [0.1, 0.15) is 24.0 Å². The van der Waals surface area contributed by atoms with E-state index >= 15 is 0 Å². The second kappa shape index (κ2) is 5.08. The first-order valence-electron chi connectivity index (χ1n) is 5.86. The fraction of sp³-hybridized carbons (Fsp3) is 0.385. The van der Waals surface area contributed by atoms with E-state index in [1.54, 1.807) is 18.2 Å². The Morgan fingerprint density at radius 2 is 2.17 bits per heavy atom. The number of fused-ring (bicyclic) bond motifs is 1. The van der Waals surface area contributed by atoms with Crippen LogP contribution in [0.3, 0.4) is 0 Å². The van der Waals surface area contributed by atoms with E-state index < -0.39 is 5.97 Å². The van der Waals surface area contributed by atoms with Crippen molar-refractivity contribution in [3.63, 3.8) is 0 Å². The molecule has 0 unspecified atom stereocenters. The van der Waals surface area contributed by atoms with Crippen LogP contribution in [0.2, 0.25) is 0 Å². The largest absolute Gasteiger partial charge is 0.508 e. The minimum Gasteiger partial charge on any atom is -0.508 e. The topological polar surface area (TPSA) is 86.6 Å². The molecule has 5 nitrogen and oxygen atoms in total. The molecule has 1 aliphatic rings. The Bertz CT molecular complexity index is 484. The first-order valence-corrected chi connectivity index (χ1v) is 5.86. The molecule has 2 rings (SSSR count). The van der Waals surface area contributed by atoms with Gasteiger partial charge in [-0.2, -0.15) is 0 Å². The van der Waals surface area contributed by atoms with Crippen molar-refractivity contribution in [2.45, 2.75) is 25.8 Å². The van der Waals surface area contributed by atoms with E-state index in [2.05, 4.69) is 5.32 Å². The summed E-state index contributed by atoms with van der Waals surface area (Å²) in [6.07, 6.45) is 0.849. The predicted octanol–water partition coefficient (Wildman–Crippen LogP) is 1.05. The summed E-state index contributed by atoms with van der Waals surface area (Å²) < 4.78 is 0. The summed E-state index contributed by atoms with van der Waals surface area (Å²) in [7, 11) is 0. The van der Waals surface area contributed by atoms with E-state index in [0.717, 1.165) is 11.1 Å². The summed E-state index contributed by atoms with van der Waals surface area (Å²) in [5.74, 6) is -1.15. The Hall–Kier alpha value is -2.04. The van der Waals surface area contributed by atoms with Gasteiger partial charge in [-0.1, -0.05) is 6.07 Å². The van der Waals surface area contributed by atoms with Crippen LogP contribution >= 0.6 is 0 Å². The van der Waals surface area contributed by atoms with Gasteiger partial charge in [-0.25, -0.2) is 0 Å². The molecule has 1 aliphatic heterocycles. The van der Waals surface area contributed by atoms with Gasteiger partial charge in [-0.3, -0.25) is 9.59 Å². The zero-order valence-corrected chi connectivity index (χ0v) is 9.85. The van der Waals surface area contributed by atoms with E-state index in [1.807, 2.05) is 0 Å². The molecule has 1 aromatic carbocycles. The van der Waals surface area contributed by atoms with E-state index in [-0.39, 0.29) is 24.0 Å². The molecule has 0 aliphatic carbocycles. The lowest BCUT2D eigenvalue weighted by atomic mass is 9.93. The summed E-state index contributed by atoms with van der Waals surface area (Å²) in [6, 6.07) is 5.01. The Morgan fingerprint density at radius 3 is 2.89 bits per heavy atom. The van der Waals surface area contributed by atoms with Gasteiger partial charge in [-0.15, -0.1) is 0 Å². The maximum absolute atomic E-state index is 11.8. The quantitative estimate of drug-likeness (QED) is 0.747. The minimum absolute atomic E-state index is 0.00843. The van der Waals surface area contributed by atoms with E-state index in [4.69, 9.17) is 5.11 Å². The van der Waals surface area contributed by atoms with Crippen molar-refractivity contribution in [3.8, 4) is 5.75 Å². The molecule has 0 spiro atoms. The Kier molecular flexibility index (Phi) is 3.50. The molecule has 0 aromatic heterocycles. The van der Waals surface area contributed by atoms with E-state index in [0.29, 0.717) is 19.4 Å². The Labute approximate surface area is 104 Å². The van der Waals surface area contributed by atoms with Crippen molar-refractivity contribution in [2.75, 3.05) is 0 Å². The van der Waals surface area contributed by atoms with Gasteiger partial charge < -0.3 is 15.5 Å². The van der Waals surface area contributed by atoms with Crippen molar-refractivity contribution >= 4 is 11.9 Å². The third-order valence-electron chi connectivity index (χ3n) is 3.19. The van der Waals surface area contributed by atoms with Gasteiger partial charge >= 0.3 is 5.97 Å². The van der Waals surface area contributed by atoms with Crippen LogP contribution in [0.4, 0.5) is 0 Å². The molecule has 1 amide bonds. The van der Waals surface area contributed by atoms with Crippen LogP contribution in [0.5, 0.6) is 5.75 Å². The maximum Gasteiger partial charge on any atom is 0.303 e. The molecular formula is C13H15NO4. The molecule has 0 fully saturated rings. The summed E-state index contributed by atoms with van der Waals surface area (Å²) in [5, 5.41) is 20.8. The number of rotatable bonds is 3. The van der Waals surface area contributed by atoms with Crippen molar-refractivity contribution in [3.05, 3.63) is 29.3 Å². The highest BCUT2D eigenvalue weighted by atomic mass is 16.4. The Morgan fingerprint density at radius 1 is 1.39 bits per heavy atom. The fourth-order valence-corrected chi connectivity index (χ4v) is 2.19. The number of carboxylic acid groups (broad SMARTS) is 1. The van der Waals surface area contributed by atoms with Crippen molar-refractivity contribution < 1.29 is 19.8 Å². The monoisotopic (exact) mass is 249 g/mol. The standard InChI is InChI=1S/C13H15NO4/c15-11-3-1-8-5-9(2-4-12(16)17)13(18)14-7-10(8)6-11/h1,3,6,9,15H,2,4-5,7H2,(H,14,18)(H,16,17)/t9-/m0/s1. The number of carbonyl (C=O) groups is 2. The summed E-state index contributed by atoms with van der Waals surface area (Å²) in [4.78, 5) is 22.4. The number of phenols is 1. The van der Waals surface area contributed by atoms with Crippen molar-refractivity contribution in [1.82, 2.24) is 5.32 Å². The summed E-state index contributed by atoms with van der Waals surface area (Å²) >= 11 is 0. The first kappa shape index (κ1) is 12.4. The molecule has 0 bridgehead atoms. The highest BCUT2D eigenvalue weighted by Crippen LogP contribution is 2.24. The molecule has 18 heavy (non-hydrogen) atoms. The summed E-state index contributed by atoms with van der Waals surface area (Å²) in [6.45, 7) is 0.381. The molecule has 3 N–H and O–H groups in total. The van der Waals surface area contributed by atoms with E-state index in [9.17, 15) is 14.7 Å². The van der Waals surface area contributed by atoms with E-state index in [1.165, 1.54) is 0 Å². The maximum atomic E-state index is 11.8. The third-order valence-corrected chi connectivity index (χ3v) is 3.19. The minimum atomic E-state index is -0.891. The molecule has 5 heteroatoms.